The van der Waals surface area contributed by atoms with Crippen molar-refractivity contribution in [3.8, 4) is 0 Å². The fraction of sp³-hybridized carbons (Fsp3) is 0.783. The van der Waals surface area contributed by atoms with Crippen LogP contribution in [0.15, 0.2) is 18.2 Å². The van der Waals surface area contributed by atoms with Crippen LogP contribution in [0.4, 0.5) is 0 Å². The van der Waals surface area contributed by atoms with Crippen molar-refractivity contribution in [1.29, 1.82) is 0 Å². The Kier molecular flexibility index (Phi) is 5.09. The summed E-state index contributed by atoms with van der Waals surface area (Å²) in [5.41, 5.74) is 2.96. The van der Waals surface area contributed by atoms with Gasteiger partial charge in [-0.05, 0) is 60.9 Å². The third-order valence-electron chi connectivity index (χ3n) is 8.59. The van der Waals surface area contributed by atoms with Gasteiger partial charge in [-0.1, -0.05) is 40.7 Å². The summed E-state index contributed by atoms with van der Waals surface area (Å²) in [5, 5.41) is 0.218. The summed E-state index contributed by atoms with van der Waals surface area (Å²) in [5.74, 6) is 2.03. The molecule has 2 heterocycles. The van der Waals surface area contributed by atoms with Gasteiger partial charge < -0.3 is 9.16 Å². The van der Waals surface area contributed by atoms with E-state index in [-0.39, 0.29) is 10.5 Å². The molecular weight excluding hydrogens is 382 g/mol. The first kappa shape index (κ1) is 20.9. The number of aromatic nitrogens is 1. The Bertz CT molecular complexity index is 744. The summed E-state index contributed by atoms with van der Waals surface area (Å²) in [6.45, 7) is 17.0. The Hall–Kier alpha value is -0.363. The molecule has 0 unspecified atom stereocenters. The van der Waals surface area contributed by atoms with Crippen LogP contribution in [-0.4, -0.2) is 25.2 Å². The van der Waals surface area contributed by atoms with Crippen molar-refractivity contribution in [2.45, 2.75) is 90.2 Å². The number of pyridine rings is 1. The lowest BCUT2D eigenvalue weighted by Crippen LogP contribution is -2.45. The van der Waals surface area contributed by atoms with E-state index in [0.717, 1.165) is 17.3 Å². The van der Waals surface area contributed by atoms with Crippen molar-refractivity contribution in [3.63, 3.8) is 0 Å². The smallest absolute Gasteiger partial charge is 0.192 e. The molecule has 28 heavy (non-hydrogen) atoms. The van der Waals surface area contributed by atoms with Gasteiger partial charge in [0.1, 0.15) is 5.44 Å². The molecule has 2 aliphatic carbocycles. The lowest BCUT2D eigenvalue weighted by Gasteiger charge is -2.47. The average molecular weight is 420 g/mol. The number of nitrogens with zero attached hydrogens (tertiary/aromatic N) is 1. The molecule has 1 aromatic heterocycles. The zero-order chi connectivity index (χ0) is 20.4. The van der Waals surface area contributed by atoms with Crippen LogP contribution >= 0.6 is 11.8 Å². The lowest BCUT2D eigenvalue weighted by atomic mass is 9.69. The van der Waals surface area contributed by atoms with E-state index in [2.05, 4.69) is 65.9 Å². The van der Waals surface area contributed by atoms with Crippen molar-refractivity contribution in [2.24, 2.45) is 16.7 Å². The Morgan fingerprint density at radius 3 is 2.71 bits per heavy atom. The zero-order valence-corrected chi connectivity index (χ0v) is 20.5. The van der Waals surface area contributed by atoms with Crippen LogP contribution in [0.2, 0.25) is 18.1 Å². The fourth-order valence-electron chi connectivity index (χ4n) is 5.28. The quantitative estimate of drug-likeness (QED) is 0.517. The second-order valence-electron chi connectivity index (χ2n) is 11.2. The Balaban J connectivity index is 1.45. The molecule has 1 saturated heterocycles. The fourth-order valence-corrected chi connectivity index (χ4v) is 7.89. The molecule has 3 aliphatic rings. The Morgan fingerprint density at radius 1 is 1.29 bits per heavy atom. The molecule has 4 rings (SSSR count). The molecule has 3 nitrogen and oxygen atoms in total. The van der Waals surface area contributed by atoms with Crippen molar-refractivity contribution in [3.05, 3.63) is 29.6 Å². The Morgan fingerprint density at radius 2 is 2.04 bits per heavy atom. The molecule has 1 aromatic rings. The first-order valence-electron chi connectivity index (χ1n) is 10.8. The number of ether oxygens (including phenoxy) is 1. The van der Waals surface area contributed by atoms with Crippen LogP contribution in [0.1, 0.15) is 70.7 Å². The van der Waals surface area contributed by atoms with Crippen LogP contribution in [0.25, 0.3) is 0 Å². The maximum absolute atomic E-state index is 6.68. The summed E-state index contributed by atoms with van der Waals surface area (Å²) >= 11 is 1.96. The number of fused-ring (bicyclic) bond motifs is 1. The summed E-state index contributed by atoms with van der Waals surface area (Å²) in [6, 6.07) is 6.34. The predicted octanol–water partition coefficient (Wildman–Crippen LogP) is 6.56. The van der Waals surface area contributed by atoms with E-state index >= 15 is 0 Å². The van der Waals surface area contributed by atoms with Crippen molar-refractivity contribution >= 4 is 20.1 Å². The molecule has 2 saturated carbocycles. The van der Waals surface area contributed by atoms with E-state index in [9.17, 15) is 0 Å². The minimum atomic E-state index is -1.76. The summed E-state index contributed by atoms with van der Waals surface area (Å²) in [6.07, 6.45) is 4.36. The second kappa shape index (κ2) is 6.83. The SMILES string of the molecule is CC1(C)[C@@H]2CC[C@]13CS[C@H](c1cccc(CO[Si](C)(C)C(C)(C)C)n1)O[C@@H]3C2. The molecule has 1 spiro atoms. The average Bonchev–Trinajstić information content (AvgIpc) is 3.00. The highest BCUT2D eigenvalue weighted by atomic mass is 32.2. The van der Waals surface area contributed by atoms with E-state index in [1.165, 1.54) is 25.0 Å². The normalized spacial score (nSPS) is 34.5. The number of hydrogen-bond acceptors (Lipinski definition) is 4. The standard InChI is InChI=1S/C23H37NO2SSi/c1-21(2,3)28(6,7)25-14-17-9-8-10-18(24-17)20-26-19-13-16-11-12-23(19,15-27-20)22(16,4)5/h8-10,16,19-20H,11-15H2,1-7H3/t16-,19-,20-,23-/m1/s1. The molecule has 2 bridgehead atoms. The van der Waals surface area contributed by atoms with Gasteiger partial charge >= 0.3 is 0 Å². The van der Waals surface area contributed by atoms with E-state index in [1.807, 2.05) is 11.8 Å². The van der Waals surface area contributed by atoms with Gasteiger partial charge in [0.15, 0.2) is 8.32 Å². The van der Waals surface area contributed by atoms with Gasteiger partial charge in [-0.15, -0.1) is 11.8 Å². The van der Waals surface area contributed by atoms with Crippen molar-refractivity contribution in [2.75, 3.05) is 5.75 Å². The van der Waals surface area contributed by atoms with Gasteiger partial charge in [-0.2, -0.15) is 0 Å². The first-order chi connectivity index (χ1) is 13.0. The Labute approximate surface area is 176 Å². The maximum Gasteiger partial charge on any atom is 0.192 e. The minimum absolute atomic E-state index is 0.0681. The van der Waals surface area contributed by atoms with Crippen LogP contribution in [-0.2, 0) is 15.8 Å². The maximum atomic E-state index is 6.68. The minimum Gasteiger partial charge on any atom is -0.411 e. The molecule has 4 atom stereocenters. The van der Waals surface area contributed by atoms with Crippen molar-refractivity contribution < 1.29 is 9.16 Å². The van der Waals surface area contributed by atoms with E-state index < -0.39 is 8.32 Å². The van der Waals surface area contributed by atoms with Gasteiger partial charge in [0, 0.05) is 11.2 Å². The predicted molar refractivity (Wildman–Crippen MR) is 120 cm³/mol. The molecular formula is C23H37NO2SSi. The number of rotatable bonds is 4. The number of thioether (sulfide) groups is 1. The van der Waals surface area contributed by atoms with Gasteiger partial charge in [0.05, 0.1) is 24.1 Å². The second-order valence-corrected chi connectivity index (χ2v) is 17.1. The number of hydrogen-bond donors (Lipinski definition) is 0. The van der Waals surface area contributed by atoms with Crippen LogP contribution in [0.3, 0.4) is 0 Å². The van der Waals surface area contributed by atoms with Crippen LogP contribution < -0.4 is 0 Å². The molecule has 156 valence electrons. The molecule has 3 fully saturated rings. The summed E-state index contributed by atoms with van der Waals surface area (Å²) in [4.78, 5) is 4.94. The highest BCUT2D eigenvalue weighted by Gasteiger charge is 2.66. The summed E-state index contributed by atoms with van der Waals surface area (Å²) < 4.78 is 13.1. The molecule has 5 heteroatoms. The van der Waals surface area contributed by atoms with E-state index in [0.29, 0.717) is 23.5 Å². The van der Waals surface area contributed by atoms with E-state index in [1.54, 1.807) is 0 Å². The third kappa shape index (κ3) is 3.21. The lowest BCUT2D eigenvalue weighted by molar-refractivity contribution is -0.0681. The van der Waals surface area contributed by atoms with Crippen molar-refractivity contribution in [1.82, 2.24) is 4.98 Å². The van der Waals surface area contributed by atoms with Gasteiger partial charge in [0.25, 0.3) is 0 Å². The highest BCUT2D eigenvalue weighted by molar-refractivity contribution is 7.99. The van der Waals surface area contributed by atoms with Gasteiger partial charge in [0.2, 0.25) is 0 Å². The first-order valence-corrected chi connectivity index (χ1v) is 14.8. The monoisotopic (exact) mass is 419 g/mol. The zero-order valence-electron chi connectivity index (χ0n) is 18.7. The summed E-state index contributed by atoms with van der Waals surface area (Å²) in [7, 11) is -1.76. The highest BCUT2D eigenvalue weighted by Crippen LogP contribution is 2.70. The van der Waals surface area contributed by atoms with Gasteiger partial charge in [-0.3, -0.25) is 4.98 Å². The van der Waals surface area contributed by atoms with Gasteiger partial charge in [-0.25, -0.2) is 0 Å². The molecule has 0 radical (unpaired) electrons. The molecule has 0 amide bonds. The van der Waals surface area contributed by atoms with E-state index in [4.69, 9.17) is 14.1 Å². The van der Waals surface area contributed by atoms with Crippen LogP contribution in [0.5, 0.6) is 0 Å². The molecule has 0 N–H and O–H groups in total. The topological polar surface area (TPSA) is 31.4 Å². The molecule has 0 aromatic carbocycles. The largest absolute Gasteiger partial charge is 0.411 e. The molecule has 1 aliphatic heterocycles. The third-order valence-corrected chi connectivity index (χ3v) is 14.4. The van der Waals surface area contributed by atoms with Crippen LogP contribution in [0, 0.1) is 16.7 Å².